The Bertz CT molecular complexity index is 107. The maximum atomic E-state index is 9.31. The first kappa shape index (κ1) is 12.9. The molecule has 0 aliphatic heterocycles. The van der Waals surface area contributed by atoms with Crippen molar-refractivity contribution in [2.45, 2.75) is 45.8 Å². The van der Waals surface area contributed by atoms with E-state index in [0.29, 0.717) is 6.54 Å². The average Bonchev–Trinajstić information content (AvgIpc) is 2.10. The van der Waals surface area contributed by atoms with Crippen molar-refractivity contribution in [2.75, 3.05) is 19.7 Å². The Morgan fingerprint density at radius 3 is 2.31 bits per heavy atom. The Kier molecular flexibility index (Phi) is 8.40. The second-order valence-corrected chi connectivity index (χ2v) is 3.45. The first-order valence-corrected chi connectivity index (χ1v) is 5.25. The largest absolute Gasteiger partial charge is 0.395 e. The standard InChI is InChI=1S/C10H23NO2/c1-3-4-5-6-7-11(8-9-12)10(2)13/h10,12-13H,3-9H2,1-2H3. The quantitative estimate of drug-likeness (QED) is 0.445. The van der Waals surface area contributed by atoms with Gasteiger partial charge in [0.1, 0.15) is 6.23 Å². The van der Waals surface area contributed by atoms with Crippen molar-refractivity contribution in [3.05, 3.63) is 0 Å². The minimum Gasteiger partial charge on any atom is -0.395 e. The van der Waals surface area contributed by atoms with Crippen molar-refractivity contribution in [1.82, 2.24) is 4.90 Å². The molecule has 0 aromatic carbocycles. The van der Waals surface area contributed by atoms with Crippen LogP contribution in [0.2, 0.25) is 0 Å². The van der Waals surface area contributed by atoms with Gasteiger partial charge in [-0.05, 0) is 13.3 Å². The predicted molar refractivity (Wildman–Crippen MR) is 54.5 cm³/mol. The van der Waals surface area contributed by atoms with Gasteiger partial charge >= 0.3 is 0 Å². The lowest BCUT2D eigenvalue weighted by molar-refractivity contribution is 0.00744. The molecule has 1 unspecified atom stereocenters. The summed E-state index contributed by atoms with van der Waals surface area (Å²) in [5.74, 6) is 0. The third-order valence-electron chi connectivity index (χ3n) is 2.21. The summed E-state index contributed by atoms with van der Waals surface area (Å²) >= 11 is 0. The van der Waals surface area contributed by atoms with Crippen LogP contribution >= 0.6 is 0 Å². The monoisotopic (exact) mass is 189 g/mol. The van der Waals surface area contributed by atoms with E-state index in [1.165, 1.54) is 19.3 Å². The number of unbranched alkanes of at least 4 members (excludes halogenated alkanes) is 3. The lowest BCUT2D eigenvalue weighted by Crippen LogP contribution is -2.36. The molecule has 80 valence electrons. The van der Waals surface area contributed by atoms with Gasteiger partial charge in [-0.25, -0.2) is 0 Å². The first-order valence-electron chi connectivity index (χ1n) is 5.25. The van der Waals surface area contributed by atoms with Gasteiger partial charge < -0.3 is 10.2 Å². The van der Waals surface area contributed by atoms with Gasteiger partial charge in [-0.1, -0.05) is 26.2 Å². The van der Waals surface area contributed by atoms with E-state index in [0.717, 1.165) is 13.0 Å². The fourth-order valence-corrected chi connectivity index (χ4v) is 1.36. The maximum absolute atomic E-state index is 9.31. The molecule has 13 heavy (non-hydrogen) atoms. The number of nitrogens with zero attached hydrogens (tertiary/aromatic N) is 1. The molecule has 1 atom stereocenters. The van der Waals surface area contributed by atoms with Gasteiger partial charge in [0.25, 0.3) is 0 Å². The van der Waals surface area contributed by atoms with Crippen molar-refractivity contribution < 1.29 is 10.2 Å². The van der Waals surface area contributed by atoms with Crippen LogP contribution in [0, 0.1) is 0 Å². The van der Waals surface area contributed by atoms with Gasteiger partial charge in [-0.3, -0.25) is 4.90 Å². The number of hydrogen-bond donors (Lipinski definition) is 2. The van der Waals surface area contributed by atoms with Crippen LogP contribution < -0.4 is 0 Å². The lowest BCUT2D eigenvalue weighted by Gasteiger charge is -2.24. The van der Waals surface area contributed by atoms with Gasteiger partial charge in [-0.15, -0.1) is 0 Å². The third kappa shape index (κ3) is 6.99. The molecule has 3 nitrogen and oxygen atoms in total. The number of aliphatic hydroxyl groups is 2. The molecule has 2 N–H and O–H groups in total. The molecule has 0 aromatic rings. The molecule has 0 aliphatic carbocycles. The highest BCUT2D eigenvalue weighted by molar-refractivity contribution is 4.57. The summed E-state index contributed by atoms with van der Waals surface area (Å²) < 4.78 is 0. The van der Waals surface area contributed by atoms with E-state index >= 15 is 0 Å². The first-order chi connectivity index (χ1) is 6.22. The van der Waals surface area contributed by atoms with Gasteiger partial charge in [0.15, 0.2) is 0 Å². The summed E-state index contributed by atoms with van der Waals surface area (Å²) in [6, 6.07) is 0. The van der Waals surface area contributed by atoms with Crippen LogP contribution in [0.3, 0.4) is 0 Å². The summed E-state index contributed by atoms with van der Waals surface area (Å²) in [5.41, 5.74) is 0. The molecule has 0 aromatic heterocycles. The molecule has 0 rings (SSSR count). The zero-order valence-corrected chi connectivity index (χ0v) is 8.87. The summed E-state index contributed by atoms with van der Waals surface area (Å²) in [6.45, 7) is 5.51. The van der Waals surface area contributed by atoms with Crippen molar-refractivity contribution in [3.63, 3.8) is 0 Å². The molecule has 0 bridgehead atoms. The Morgan fingerprint density at radius 1 is 1.15 bits per heavy atom. The highest BCUT2D eigenvalue weighted by Crippen LogP contribution is 2.03. The van der Waals surface area contributed by atoms with Crippen molar-refractivity contribution in [3.8, 4) is 0 Å². The zero-order chi connectivity index (χ0) is 10.1. The average molecular weight is 189 g/mol. The fraction of sp³-hybridized carbons (Fsp3) is 1.00. The smallest absolute Gasteiger partial charge is 0.104 e. The number of rotatable bonds is 8. The van der Waals surface area contributed by atoms with Gasteiger partial charge in [0, 0.05) is 13.1 Å². The number of aliphatic hydroxyl groups excluding tert-OH is 2. The Labute approximate surface area is 81.4 Å². The normalized spacial score (nSPS) is 13.6. The molecule has 0 spiro atoms. The molecular weight excluding hydrogens is 166 g/mol. The van der Waals surface area contributed by atoms with E-state index in [9.17, 15) is 5.11 Å². The SMILES string of the molecule is CCCCCCN(CCO)C(C)O. The van der Waals surface area contributed by atoms with Crippen LogP contribution in [0.25, 0.3) is 0 Å². The van der Waals surface area contributed by atoms with Crippen LogP contribution in [-0.2, 0) is 0 Å². The topological polar surface area (TPSA) is 43.7 Å². The molecule has 0 heterocycles. The molecular formula is C10H23NO2. The van der Waals surface area contributed by atoms with E-state index in [1.54, 1.807) is 6.92 Å². The molecule has 0 saturated heterocycles. The van der Waals surface area contributed by atoms with E-state index < -0.39 is 6.23 Å². The van der Waals surface area contributed by atoms with Gasteiger partial charge in [0.05, 0.1) is 6.61 Å². The van der Waals surface area contributed by atoms with E-state index in [1.807, 2.05) is 4.90 Å². The molecule has 3 heteroatoms. The van der Waals surface area contributed by atoms with Crippen molar-refractivity contribution >= 4 is 0 Å². The minimum absolute atomic E-state index is 0.124. The Hall–Kier alpha value is -0.120. The molecule has 0 saturated carbocycles. The maximum Gasteiger partial charge on any atom is 0.104 e. The highest BCUT2D eigenvalue weighted by Gasteiger charge is 2.08. The van der Waals surface area contributed by atoms with E-state index in [2.05, 4.69) is 6.92 Å². The second kappa shape index (κ2) is 8.48. The Balaban J connectivity index is 3.45. The van der Waals surface area contributed by atoms with Crippen LogP contribution in [0.1, 0.15) is 39.5 Å². The predicted octanol–water partition coefficient (Wildman–Crippen LogP) is 1.20. The summed E-state index contributed by atoms with van der Waals surface area (Å²) in [5, 5.41) is 18.1. The Morgan fingerprint density at radius 2 is 1.85 bits per heavy atom. The molecule has 0 amide bonds. The highest BCUT2D eigenvalue weighted by atomic mass is 16.3. The van der Waals surface area contributed by atoms with Crippen LogP contribution in [0.5, 0.6) is 0 Å². The summed E-state index contributed by atoms with van der Waals surface area (Å²) in [6.07, 6.45) is 4.37. The van der Waals surface area contributed by atoms with Gasteiger partial charge in [-0.2, -0.15) is 0 Å². The van der Waals surface area contributed by atoms with Crippen LogP contribution in [0.4, 0.5) is 0 Å². The van der Waals surface area contributed by atoms with E-state index in [-0.39, 0.29) is 6.61 Å². The van der Waals surface area contributed by atoms with Crippen LogP contribution in [-0.4, -0.2) is 41.0 Å². The lowest BCUT2D eigenvalue weighted by atomic mass is 10.2. The number of hydrogen-bond acceptors (Lipinski definition) is 3. The van der Waals surface area contributed by atoms with Crippen LogP contribution in [0.15, 0.2) is 0 Å². The molecule has 0 aliphatic rings. The van der Waals surface area contributed by atoms with E-state index in [4.69, 9.17) is 5.11 Å². The fourth-order valence-electron chi connectivity index (χ4n) is 1.36. The molecule has 0 fully saturated rings. The minimum atomic E-state index is -0.436. The summed E-state index contributed by atoms with van der Waals surface area (Å²) in [4.78, 5) is 1.90. The third-order valence-corrected chi connectivity index (χ3v) is 2.21. The molecule has 0 radical (unpaired) electrons. The van der Waals surface area contributed by atoms with Gasteiger partial charge in [0.2, 0.25) is 0 Å². The van der Waals surface area contributed by atoms with Crippen molar-refractivity contribution in [1.29, 1.82) is 0 Å². The van der Waals surface area contributed by atoms with Crippen molar-refractivity contribution in [2.24, 2.45) is 0 Å². The zero-order valence-electron chi connectivity index (χ0n) is 8.87. The second-order valence-electron chi connectivity index (χ2n) is 3.45. The summed E-state index contributed by atoms with van der Waals surface area (Å²) in [7, 11) is 0.